The van der Waals surface area contributed by atoms with Gasteiger partial charge in [0.15, 0.2) is 0 Å². The number of hydrogen-bond acceptors (Lipinski definition) is 1. The lowest BCUT2D eigenvalue weighted by Gasteiger charge is -2.27. The van der Waals surface area contributed by atoms with Crippen molar-refractivity contribution in [2.45, 2.75) is 58.8 Å². The molecule has 0 spiro atoms. The van der Waals surface area contributed by atoms with E-state index >= 15 is 0 Å². The average Bonchev–Trinajstić information content (AvgIpc) is 2.77. The average molecular weight is 211 g/mol. The van der Waals surface area contributed by atoms with Crippen molar-refractivity contribution in [1.29, 1.82) is 0 Å². The Kier molecular flexibility index (Phi) is 6.31. The zero-order valence-electron chi connectivity index (χ0n) is 10.9. The first kappa shape index (κ1) is 13.0. The molecule has 1 saturated carbocycles. The molecule has 1 N–H and O–H groups in total. The quantitative estimate of drug-likeness (QED) is 0.674. The van der Waals surface area contributed by atoms with Crippen molar-refractivity contribution in [2.75, 3.05) is 13.6 Å². The van der Waals surface area contributed by atoms with Gasteiger partial charge in [-0.1, -0.05) is 52.4 Å². The zero-order valence-corrected chi connectivity index (χ0v) is 10.9. The van der Waals surface area contributed by atoms with Gasteiger partial charge in [-0.3, -0.25) is 0 Å². The molecule has 0 radical (unpaired) electrons. The SMILES string of the molecule is CCC(CC)CC(CNC)C1CCCC1. The topological polar surface area (TPSA) is 12.0 Å². The van der Waals surface area contributed by atoms with Crippen LogP contribution in [0.3, 0.4) is 0 Å². The fourth-order valence-corrected chi connectivity index (χ4v) is 3.18. The fourth-order valence-electron chi connectivity index (χ4n) is 3.18. The maximum Gasteiger partial charge on any atom is -0.00208 e. The predicted octanol–water partition coefficient (Wildman–Crippen LogP) is 3.84. The van der Waals surface area contributed by atoms with E-state index in [9.17, 15) is 0 Å². The smallest absolute Gasteiger partial charge is 0.00208 e. The van der Waals surface area contributed by atoms with Crippen LogP contribution in [0.2, 0.25) is 0 Å². The Morgan fingerprint density at radius 2 is 1.73 bits per heavy atom. The first-order valence-corrected chi connectivity index (χ1v) is 6.96. The molecular formula is C14H29N. The summed E-state index contributed by atoms with van der Waals surface area (Å²) >= 11 is 0. The molecule has 1 nitrogen and oxygen atoms in total. The third kappa shape index (κ3) is 4.14. The van der Waals surface area contributed by atoms with Crippen LogP contribution in [0.15, 0.2) is 0 Å². The van der Waals surface area contributed by atoms with Crippen LogP contribution >= 0.6 is 0 Å². The summed E-state index contributed by atoms with van der Waals surface area (Å²) in [7, 11) is 2.11. The van der Waals surface area contributed by atoms with E-state index in [4.69, 9.17) is 0 Å². The molecule has 0 saturated heterocycles. The number of rotatable bonds is 7. The van der Waals surface area contributed by atoms with Crippen LogP contribution in [-0.4, -0.2) is 13.6 Å². The highest BCUT2D eigenvalue weighted by Crippen LogP contribution is 2.35. The van der Waals surface area contributed by atoms with Gasteiger partial charge in [0.2, 0.25) is 0 Å². The van der Waals surface area contributed by atoms with E-state index < -0.39 is 0 Å². The standard InChI is InChI=1S/C14H29N/c1-4-12(5-2)10-14(11-15-3)13-8-6-7-9-13/h12-15H,4-11H2,1-3H3. The van der Waals surface area contributed by atoms with Gasteiger partial charge in [-0.05, 0) is 37.8 Å². The molecule has 90 valence electrons. The largest absolute Gasteiger partial charge is 0.319 e. The number of hydrogen-bond donors (Lipinski definition) is 1. The molecule has 1 fully saturated rings. The fraction of sp³-hybridized carbons (Fsp3) is 1.00. The Morgan fingerprint density at radius 3 is 2.20 bits per heavy atom. The molecule has 0 bridgehead atoms. The maximum atomic E-state index is 3.40. The van der Waals surface area contributed by atoms with Gasteiger partial charge in [-0.15, -0.1) is 0 Å². The van der Waals surface area contributed by atoms with Crippen LogP contribution in [0.25, 0.3) is 0 Å². The van der Waals surface area contributed by atoms with Crippen molar-refractivity contribution >= 4 is 0 Å². The molecular weight excluding hydrogens is 182 g/mol. The molecule has 1 atom stereocenters. The van der Waals surface area contributed by atoms with E-state index in [-0.39, 0.29) is 0 Å². The lowest BCUT2D eigenvalue weighted by Crippen LogP contribution is -2.26. The van der Waals surface area contributed by atoms with E-state index in [2.05, 4.69) is 26.2 Å². The van der Waals surface area contributed by atoms with Gasteiger partial charge >= 0.3 is 0 Å². The van der Waals surface area contributed by atoms with Crippen molar-refractivity contribution in [3.8, 4) is 0 Å². The Balaban J connectivity index is 2.40. The lowest BCUT2D eigenvalue weighted by molar-refractivity contribution is 0.256. The summed E-state index contributed by atoms with van der Waals surface area (Å²) in [5, 5.41) is 3.40. The zero-order chi connectivity index (χ0) is 11.1. The van der Waals surface area contributed by atoms with Crippen LogP contribution in [0, 0.1) is 17.8 Å². The summed E-state index contributed by atoms with van der Waals surface area (Å²) in [4.78, 5) is 0. The van der Waals surface area contributed by atoms with Gasteiger partial charge in [0.05, 0.1) is 0 Å². The molecule has 1 aliphatic rings. The van der Waals surface area contributed by atoms with Crippen LogP contribution in [0.4, 0.5) is 0 Å². The molecule has 1 unspecified atom stereocenters. The highest BCUT2D eigenvalue weighted by atomic mass is 14.8. The molecule has 15 heavy (non-hydrogen) atoms. The summed E-state index contributed by atoms with van der Waals surface area (Å²) < 4.78 is 0. The minimum absolute atomic E-state index is 0.947. The Bertz CT molecular complexity index is 145. The third-order valence-electron chi connectivity index (χ3n) is 4.32. The number of nitrogens with one attached hydrogen (secondary N) is 1. The van der Waals surface area contributed by atoms with Gasteiger partial charge < -0.3 is 5.32 Å². The molecule has 0 aliphatic heterocycles. The summed E-state index contributed by atoms with van der Waals surface area (Å²) in [5.41, 5.74) is 0. The first-order chi connectivity index (χ1) is 7.31. The summed E-state index contributed by atoms with van der Waals surface area (Å²) in [6, 6.07) is 0. The van der Waals surface area contributed by atoms with Gasteiger partial charge in [-0.25, -0.2) is 0 Å². The van der Waals surface area contributed by atoms with E-state index in [0.29, 0.717) is 0 Å². The minimum atomic E-state index is 0.947. The molecule has 0 aromatic carbocycles. The Hall–Kier alpha value is -0.0400. The van der Waals surface area contributed by atoms with Crippen molar-refractivity contribution in [1.82, 2.24) is 5.32 Å². The van der Waals surface area contributed by atoms with Crippen molar-refractivity contribution in [2.24, 2.45) is 17.8 Å². The first-order valence-electron chi connectivity index (χ1n) is 6.96. The van der Waals surface area contributed by atoms with E-state index in [1.54, 1.807) is 0 Å². The second-order valence-electron chi connectivity index (χ2n) is 5.28. The predicted molar refractivity (Wildman–Crippen MR) is 68.1 cm³/mol. The third-order valence-corrected chi connectivity index (χ3v) is 4.32. The molecule has 1 heteroatoms. The lowest BCUT2D eigenvalue weighted by atomic mass is 9.81. The highest BCUT2D eigenvalue weighted by molar-refractivity contribution is 4.78. The molecule has 0 heterocycles. The van der Waals surface area contributed by atoms with E-state index in [1.807, 2.05) is 0 Å². The van der Waals surface area contributed by atoms with Gasteiger partial charge in [0.1, 0.15) is 0 Å². The molecule has 1 rings (SSSR count). The summed E-state index contributed by atoms with van der Waals surface area (Å²) in [6.45, 7) is 5.93. The normalized spacial score (nSPS) is 20.0. The van der Waals surface area contributed by atoms with Crippen molar-refractivity contribution < 1.29 is 0 Å². The van der Waals surface area contributed by atoms with E-state index in [1.165, 1.54) is 51.5 Å². The molecule has 0 amide bonds. The van der Waals surface area contributed by atoms with Gasteiger partial charge in [-0.2, -0.15) is 0 Å². The minimum Gasteiger partial charge on any atom is -0.319 e. The van der Waals surface area contributed by atoms with Crippen molar-refractivity contribution in [3.05, 3.63) is 0 Å². The Morgan fingerprint density at radius 1 is 1.13 bits per heavy atom. The summed E-state index contributed by atoms with van der Waals surface area (Å²) in [5.74, 6) is 2.93. The van der Waals surface area contributed by atoms with Crippen molar-refractivity contribution in [3.63, 3.8) is 0 Å². The van der Waals surface area contributed by atoms with Crippen LogP contribution in [-0.2, 0) is 0 Å². The van der Waals surface area contributed by atoms with Crippen LogP contribution in [0.5, 0.6) is 0 Å². The molecule has 0 aromatic heterocycles. The highest BCUT2D eigenvalue weighted by Gasteiger charge is 2.25. The molecule has 0 aromatic rings. The second kappa shape index (κ2) is 7.27. The monoisotopic (exact) mass is 211 g/mol. The Labute approximate surface area is 96.0 Å². The second-order valence-corrected chi connectivity index (χ2v) is 5.28. The maximum absolute atomic E-state index is 3.40. The van der Waals surface area contributed by atoms with Crippen LogP contribution in [0.1, 0.15) is 58.8 Å². The van der Waals surface area contributed by atoms with Gasteiger partial charge in [0, 0.05) is 0 Å². The van der Waals surface area contributed by atoms with Crippen LogP contribution < -0.4 is 5.32 Å². The summed E-state index contributed by atoms with van der Waals surface area (Å²) in [6.07, 6.45) is 10.1. The van der Waals surface area contributed by atoms with E-state index in [0.717, 1.165) is 17.8 Å². The van der Waals surface area contributed by atoms with Gasteiger partial charge in [0.25, 0.3) is 0 Å². The molecule has 1 aliphatic carbocycles.